The summed E-state index contributed by atoms with van der Waals surface area (Å²) in [4.78, 5) is 0. The standard InChI is InChI=1S/C8H10NO2/c1-6(9)11-8-4-2-3-7(10)5-8/h2-6H,9H2,1H3. The van der Waals surface area contributed by atoms with Crippen molar-refractivity contribution in [3.05, 3.63) is 24.3 Å². The van der Waals surface area contributed by atoms with Crippen LogP contribution in [0.25, 0.3) is 0 Å². The van der Waals surface area contributed by atoms with E-state index >= 15 is 0 Å². The molecule has 3 heteroatoms. The topological polar surface area (TPSA) is 55.1 Å². The van der Waals surface area contributed by atoms with Gasteiger partial charge in [0.2, 0.25) is 0 Å². The second kappa shape index (κ2) is 3.25. The van der Waals surface area contributed by atoms with Crippen molar-refractivity contribution in [3.63, 3.8) is 0 Å². The highest BCUT2D eigenvalue weighted by atomic mass is 16.5. The molecule has 11 heavy (non-hydrogen) atoms. The van der Waals surface area contributed by atoms with Crippen molar-refractivity contribution in [2.24, 2.45) is 5.73 Å². The minimum absolute atomic E-state index is 0.0665. The van der Waals surface area contributed by atoms with Gasteiger partial charge in [0, 0.05) is 6.07 Å². The molecule has 0 aliphatic rings. The van der Waals surface area contributed by atoms with Gasteiger partial charge in [0.1, 0.15) is 12.0 Å². The van der Waals surface area contributed by atoms with Gasteiger partial charge in [-0.25, -0.2) is 0 Å². The number of nitrogens with two attached hydrogens (primary N) is 1. The summed E-state index contributed by atoms with van der Waals surface area (Å²) in [5.41, 5.74) is 5.35. The van der Waals surface area contributed by atoms with Gasteiger partial charge in [-0.15, -0.1) is 0 Å². The predicted octanol–water partition coefficient (Wildman–Crippen LogP) is 1.51. The van der Waals surface area contributed by atoms with Crippen LogP contribution in [0.4, 0.5) is 0 Å². The molecule has 1 atom stereocenters. The van der Waals surface area contributed by atoms with Crippen molar-refractivity contribution in [3.8, 4) is 11.5 Å². The first-order valence-electron chi connectivity index (χ1n) is 3.38. The van der Waals surface area contributed by atoms with Crippen LogP contribution in [0.1, 0.15) is 6.92 Å². The molecule has 1 unspecified atom stereocenters. The summed E-state index contributed by atoms with van der Waals surface area (Å²) in [6, 6.07) is 6.21. The quantitative estimate of drug-likeness (QED) is 0.653. The Hall–Kier alpha value is -1.22. The molecule has 59 valence electrons. The minimum Gasteiger partial charge on any atom is -0.476 e. The Morgan fingerprint density at radius 3 is 2.82 bits per heavy atom. The fourth-order valence-electron chi connectivity index (χ4n) is 0.762. The van der Waals surface area contributed by atoms with E-state index in [1.165, 1.54) is 12.1 Å². The molecule has 0 fully saturated rings. The lowest BCUT2D eigenvalue weighted by atomic mass is 10.3. The number of rotatable bonds is 2. The third-order valence-corrected chi connectivity index (χ3v) is 1.13. The maximum atomic E-state index is 10.8. The summed E-state index contributed by atoms with van der Waals surface area (Å²) >= 11 is 0. The zero-order valence-corrected chi connectivity index (χ0v) is 6.28. The van der Waals surface area contributed by atoms with Crippen LogP contribution in [0.3, 0.4) is 0 Å². The molecule has 1 radical (unpaired) electrons. The summed E-state index contributed by atoms with van der Waals surface area (Å²) in [7, 11) is 0. The Morgan fingerprint density at radius 2 is 2.27 bits per heavy atom. The molecule has 0 aromatic heterocycles. The van der Waals surface area contributed by atoms with Gasteiger partial charge in [0.05, 0.1) is 0 Å². The van der Waals surface area contributed by atoms with Gasteiger partial charge in [-0.2, -0.15) is 0 Å². The molecule has 1 rings (SSSR count). The van der Waals surface area contributed by atoms with Crippen LogP contribution < -0.4 is 10.5 Å². The van der Waals surface area contributed by atoms with Gasteiger partial charge >= 0.3 is 0 Å². The predicted molar refractivity (Wildman–Crippen MR) is 40.9 cm³/mol. The van der Waals surface area contributed by atoms with Crippen LogP contribution in [0.5, 0.6) is 11.5 Å². The molecule has 0 aliphatic heterocycles. The molecule has 3 nitrogen and oxygen atoms in total. The van der Waals surface area contributed by atoms with Gasteiger partial charge in [0.15, 0.2) is 5.75 Å². The lowest BCUT2D eigenvalue weighted by Crippen LogP contribution is -2.22. The molecule has 1 aromatic carbocycles. The smallest absolute Gasteiger partial charge is 0.182 e. The van der Waals surface area contributed by atoms with Gasteiger partial charge in [-0.3, -0.25) is 10.8 Å². The summed E-state index contributed by atoms with van der Waals surface area (Å²) in [5, 5.41) is 10.8. The summed E-state index contributed by atoms with van der Waals surface area (Å²) in [6.07, 6.45) is -0.378. The minimum atomic E-state index is -0.378. The first-order chi connectivity index (χ1) is 5.18. The molecule has 0 amide bonds. The Balaban J connectivity index is 2.71. The molecular weight excluding hydrogens is 142 g/mol. The van der Waals surface area contributed by atoms with Crippen molar-refractivity contribution < 1.29 is 9.84 Å². The SMILES string of the molecule is CC(N)Oc1cccc([O])c1. The van der Waals surface area contributed by atoms with E-state index < -0.39 is 0 Å². The zero-order valence-electron chi connectivity index (χ0n) is 6.28. The Labute approximate surface area is 65.4 Å². The lowest BCUT2D eigenvalue weighted by molar-refractivity contribution is 0.228. The number of ether oxygens (including phenoxy) is 1. The Kier molecular flexibility index (Phi) is 2.33. The summed E-state index contributed by atoms with van der Waals surface area (Å²) < 4.78 is 5.07. The van der Waals surface area contributed by atoms with E-state index in [0.29, 0.717) is 5.75 Å². The fourth-order valence-corrected chi connectivity index (χ4v) is 0.762. The molecule has 0 spiro atoms. The maximum Gasteiger partial charge on any atom is 0.182 e. The van der Waals surface area contributed by atoms with Gasteiger partial charge < -0.3 is 4.74 Å². The molecule has 0 saturated carbocycles. The monoisotopic (exact) mass is 152 g/mol. The van der Waals surface area contributed by atoms with E-state index in [0.717, 1.165) is 0 Å². The van der Waals surface area contributed by atoms with E-state index in [1.54, 1.807) is 19.1 Å². The average molecular weight is 152 g/mol. The second-order valence-corrected chi connectivity index (χ2v) is 2.30. The maximum absolute atomic E-state index is 10.8. The van der Waals surface area contributed by atoms with Crippen LogP contribution in [-0.4, -0.2) is 6.23 Å². The summed E-state index contributed by atoms with van der Waals surface area (Å²) in [5.74, 6) is 0.454. The van der Waals surface area contributed by atoms with Crippen molar-refractivity contribution in [2.45, 2.75) is 13.2 Å². The van der Waals surface area contributed by atoms with Gasteiger partial charge in [-0.1, -0.05) is 6.07 Å². The Bertz CT molecular complexity index is 235. The molecule has 0 bridgehead atoms. The van der Waals surface area contributed by atoms with Crippen molar-refractivity contribution >= 4 is 0 Å². The van der Waals surface area contributed by atoms with Crippen molar-refractivity contribution in [1.82, 2.24) is 0 Å². The van der Waals surface area contributed by atoms with E-state index in [9.17, 15) is 5.11 Å². The van der Waals surface area contributed by atoms with Crippen LogP contribution >= 0.6 is 0 Å². The van der Waals surface area contributed by atoms with Gasteiger partial charge in [-0.05, 0) is 19.1 Å². The van der Waals surface area contributed by atoms with Crippen LogP contribution in [-0.2, 0) is 5.11 Å². The third-order valence-electron chi connectivity index (χ3n) is 1.13. The molecule has 0 saturated heterocycles. The number of hydrogen-bond acceptors (Lipinski definition) is 2. The average Bonchev–Trinajstić information content (AvgIpc) is 1.85. The summed E-state index contributed by atoms with van der Waals surface area (Å²) in [6.45, 7) is 1.71. The Morgan fingerprint density at radius 1 is 1.55 bits per heavy atom. The molecule has 0 aliphatic carbocycles. The van der Waals surface area contributed by atoms with Gasteiger partial charge in [0.25, 0.3) is 0 Å². The number of hydrogen-bond donors (Lipinski definition) is 1. The largest absolute Gasteiger partial charge is 0.476 e. The highest BCUT2D eigenvalue weighted by molar-refractivity contribution is 5.31. The molecule has 0 heterocycles. The number of benzene rings is 1. The fraction of sp³-hybridized carbons (Fsp3) is 0.250. The third kappa shape index (κ3) is 2.47. The first kappa shape index (κ1) is 7.88. The van der Waals surface area contributed by atoms with E-state index in [1.807, 2.05) is 0 Å². The van der Waals surface area contributed by atoms with Crippen molar-refractivity contribution in [2.75, 3.05) is 0 Å². The van der Waals surface area contributed by atoms with E-state index in [-0.39, 0.29) is 12.0 Å². The first-order valence-corrected chi connectivity index (χ1v) is 3.38. The van der Waals surface area contributed by atoms with Crippen LogP contribution in [0.2, 0.25) is 0 Å². The lowest BCUT2D eigenvalue weighted by Gasteiger charge is -2.08. The van der Waals surface area contributed by atoms with Crippen LogP contribution in [0, 0.1) is 0 Å². The molecular formula is C8H10NO2. The second-order valence-electron chi connectivity index (χ2n) is 2.30. The van der Waals surface area contributed by atoms with Crippen LogP contribution in [0.15, 0.2) is 24.3 Å². The molecule has 1 aromatic rings. The normalized spacial score (nSPS) is 12.5. The van der Waals surface area contributed by atoms with E-state index in [4.69, 9.17) is 10.5 Å². The zero-order chi connectivity index (χ0) is 8.27. The molecule has 2 N–H and O–H groups in total. The van der Waals surface area contributed by atoms with Crippen molar-refractivity contribution in [1.29, 1.82) is 0 Å². The highest BCUT2D eigenvalue weighted by Gasteiger charge is 1.97. The van der Waals surface area contributed by atoms with E-state index in [2.05, 4.69) is 0 Å². The highest BCUT2D eigenvalue weighted by Crippen LogP contribution is 2.18.